The molecule has 11 nitrogen and oxygen atoms in total. The lowest BCUT2D eigenvalue weighted by atomic mass is 10.0. The maximum Gasteiger partial charge on any atom is 0.408 e. The van der Waals surface area contributed by atoms with Crippen LogP contribution in [-0.4, -0.2) is 61.1 Å². The van der Waals surface area contributed by atoms with Crippen LogP contribution < -0.4 is 21.3 Å². The zero-order valence-corrected chi connectivity index (χ0v) is 25.1. The number of esters is 1. The van der Waals surface area contributed by atoms with E-state index in [4.69, 9.17) is 9.47 Å². The van der Waals surface area contributed by atoms with Crippen molar-refractivity contribution in [3.63, 3.8) is 0 Å². The molecule has 0 spiro atoms. The zero-order valence-electron chi connectivity index (χ0n) is 25.1. The first-order valence-electron chi connectivity index (χ1n) is 14.3. The van der Waals surface area contributed by atoms with E-state index >= 15 is 0 Å². The molecule has 0 saturated carbocycles. The molecule has 0 aliphatic heterocycles. The highest BCUT2D eigenvalue weighted by molar-refractivity contribution is 5.92. The van der Waals surface area contributed by atoms with Gasteiger partial charge in [-0.3, -0.25) is 14.4 Å². The Kier molecular flexibility index (Phi) is 15.0. The van der Waals surface area contributed by atoms with E-state index in [0.29, 0.717) is 6.42 Å². The lowest BCUT2D eigenvalue weighted by molar-refractivity contribution is -0.137. The fourth-order valence-corrected chi connectivity index (χ4v) is 4.03. The molecule has 4 N–H and O–H groups in total. The number of hydrogen-bond donors (Lipinski definition) is 4. The summed E-state index contributed by atoms with van der Waals surface area (Å²) in [4.78, 5) is 63.0. The van der Waals surface area contributed by atoms with Gasteiger partial charge in [0.15, 0.2) is 0 Å². The molecule has 4 amide bonds. The van der Waals surface area contributed by atoms with Gasteiger partial charge >= 0.3 is 12.1 Å². The molecule has 43 heavy (non-hydrogen) atoms. The average Bonchev–Trinajstić information content (AvgIpc) is 2.97. The number of carbonyl (C=O) groups excluding carboxylic acids is 5. The SMILES string of the molecule is CCOC(=O)/C=C/[C@H](CNC(C)=O)NC(=O)[C@H](Cc1ccccc1)NC(=O)[C@H](CC(C)C)NC(=O)OCc1ccccc1. The number of nitrogens with one attached hydrogen (secondary N) is 4. The van der Waals surface area contributed by atoms with Crippen LogP contribution in [0.4, 0.5) is 4.79 Å². The third-order valence-electron chi connectivity index (χ3n) is 6.09. The van der Waals surface area contributed by atoms with Crippen molar-refractivity contribution in [2.75, 3.05) is 13.2 Å². The summed E-state index contributed by atoms with van der Waals surface area (Å²) in [6, 6.07) is 15.5. The van der Waals surface area contributed by atoms with Crippen LogP contribution in [0.15, 0.2) is 72.8 Å². The highest BCUT2D eigenvalue weighted by atomic mass is 16.5. The molecule has 3 atom stereocenters. The molecule has 0 aliphatic rings. The standard InChI is InChI=1S/C32H42N4O7/c1-5-42-29(38)17-16-26(20-33-23(4)37)34-30(39)28(19-24-12-8-6-9-13-24)35-31(40)27(18-22(2)3)36-32(41)43-21-25-14-10-7-11-15-25/h6-17,22,26-28H,5,18-21H2,1-4H3,(H,33,37)(H,34,39)(H,35,40)(H,36,41)/b17-16+/t26-,27+,28+/m1/s1. The first kappa shape index (κ1) is 34.5. The number of benzene rings is 2. The third kappa shape index (κ3) is 14.2. The second-order valence-corrected chi connectivity index (χ2v) is 10.3. The smallest absolute Gasteiger partial charge is 0.408 e. The van der Waals surface area contributed by atoms with Crippen LogP contribution in [0.25, 0.3) is 0 Å². The van der Waals surface area contributed by atoms with Crippen LogP contribution in [0.5, 0.6) is 0 Å². The Balaban J connectivity index is 2.20. The maximum absolute atomic E-state index is 13.5. The topological polar surface area (TPSA) is 152 Å². The second kappa shape index (κ2) is 18.7. The lowest BCUT2D eigenvalue weighted by Gasteiger charge is -2.25. The molecule has 0 heterocycles. The van der Waals surface area contributed by atoms with Gasteiger partial charge in [-0.05, 0) is 30.4 Å². The van der Waals surface area contributed by atoms with Crippen molar-refractivity contribution in [2.24, 2.45) is 5.92 Å². The molecule has 0 saturated heterocycles. The Morgan fingerprint density at radius 3 is 1.98 bits per heavy atom. The molecule has 0 aromatic heterocycles. The first-order valence-corrected chi connectivity index (χ1v) is 14.3. The number of amides is 4. The van der Waals surface area contributed by atoms with Crippen molar-refractivity contribution in [3.05, 3.63) is 83.9 Å². The van der Waals surface area contributed by atoms with Crippen LogP contribution in [0.1, 0.15) is 45.2 Å². The Bertz CT molecular complexity index is 1220. The van der Waals surface area contributed by atoms with E-state index in [0.717, 1.165) is 11.1 Å². The van der Waals surface area contributed by atoms with Gasteiger partial charge in [-0.2, -0.15) is 0 Å². The number of ether oxygens (including phenoxy) is 2. The molecule has 2 rings (SSSR count). The van der Waals surface area contributed by atoms with Gasteiger partial charge in [0.2, 0.25) is 17.7 Å². The largest absolute Gasteiger partial charge is 0.463 e. The van der Waals surface area contributed by atoms with E-state index in [9.17, 15) is 24.0 Å². The molecule has 0 bridgehead atoms. The summed E-state index contributed by atoms with van der Waals surface area (Å²) in [6.45, 7) is 7.05. The van der Waals surface area contributed by atoms with Crippen molar-refractivity contribution in [3.8, 4) is 0 Å². The predicted octanol–water partition coefficient (Wildman–Crippen LogP) is 2.80. The maximum atomic E-state index is 13.5. The minimum absolute atomic E-state index is 0.00771. The fraction of sp³-hybridized carbons (Fsp3) is 0.406. The average molecular weight is 595 g/mol. The molecule has 2 aromatic carbocycles. The summed E-state index contributed by atoms with van der Waals surface area (Å²) in [5, 5.41) is 10.8. The number of hydrogen-bond acceptors (Lipinski definition) is 7. The van der Waals surface area contributed by atoms with Crippen molar-refractivity contribution < 1.29 is 33.4 Å². The first-order chi connectivity index (χ1) is 20.6. The van der Waals surface area contributed by atoms with Gasteiger partial charge in [0.1, 0.15) is 18.7 Å². The van der Waals surface area contributed by atoms with E-state index in [1.165, 1.54) is 19.1 Å². The molecule has 2 aromatic rings. The molecular formula is C32H42N4O7. The summed E-state index contributed by atoms with van der Waals surface area (Å²) in [6.07, 6.45) is 2.29. The van der Waals surface area contributed by atoms with Gasteiger partial charge in [-0.1, -0.05) is 80.6 Å². The highest BCUT2D eigenvalue weighted by Crippen LogP contribution is 2.09. The number of rotatable bonds is 16. The molecule has 0 radical (unpaired) electrons. The van der Waals surface area contributed by atoms with Crippen LogP contribution in [0, 0.1) is 5.92 Å². The van der Waals surface area contributed by atoms with Gasteiger partial charge in [-0.15, -0.1) is 0 Å². The van der Waals surface area contributed by atoms with Gasteiger partial charge < -0.3 is 30.7 Å². The molecule has 0 unspecified atom stereocenters. The Morgan fingerprint density at radius 1 is 0.791 bits per heavy atom. The van der Waals surface area contributed by atoms with Crippen LogP contribution in [0.2, 0.25) is 0 Å². The van der Waals surface area contributed by atoms with Gasteiger partial charge in [0.05, 0.1) is 12.6 Å². The molecule has 232 valence electrons. The lowest BCUT2D eigenvalue weighted by Crippen LogP contribution is -2.56. The van der Waals surface area contributed by atoms with Crippen molar-refractivity contribution in [2.45, 2.75) is 65.3 Å². The summed E-state index contributed by atoms with van der Waals surface area (Å²) < 4.78 is 10.2. The van der Waals surface area contributed by atoms with Gasteiger partial charge in [-0.25, -0.2) is 9.59 Å². The van der Waals surface area contributed by atoms with E-state index in [1.807, 2.05) is 74.5 Å². The Hall–Kier alpha value is -4.67. The van der Waals surface area contributed by atoms with E-state index in [1.54, 1.807) is 6.92 Å². The molecular weight excluding hydrogens is 552 g/mol. The van der Waals surface area contributed by atoms with E-state index < -0.39 is 42.0 Å². The monoisotopic (exact) mass is 594 g/mol. The number of carbonyl (C=O) groups is 5. The van der Waals surface area contributed by atoms with Crippen molar-refractivity contribution in [1.29, 1.82) is 0 Å². The molecule has 11 heteroatoms. The molecule has 0 aliphatic carbocycles. The Morgan fingerprint density at radius 2 is 1.40 bits per heavy atom. The van der Waals surface area contributed by atoms with Gasteiger partial charge in [0.25, 0.3) is 0 Å². The van der Waals surface area contributed by atoms with Crippen LogP contribution >= 0.6 is 0 Å². The summed E-state index contributed by atoms with van der Waals surface area (Å²) >= 11 is 0. The van der Waals surface area contributed by atoms with E-state index in [-0.39, 0.29) is 38.0 Å². The summed E-state index contributed by atoms with van der Waals surface area (Å²) in [5.74, 6) is -1.97. The Labute approximate surface area is 252 Å². The zero-order chi connectivity index (χ0) is 31.6. The minimum Gasteiger partial charge on any atom is -0.463 e. The van der Waals surface area contributed by atoms with Crippen molar-refractivity contribution in [1.82, 2.24) is 21.3 Å². The third-order valence-corrected chi connectivity index (χ3v) is 6.09. The minimum atomic E-state index is -1.04. The normalized spacial score (nSPS) is 13.0. The predicted molar refractivity (Wildman–Crippen MR) is 161 cm³/mol. The van der Waals surface area contributed by atoms with Crippen molar-refractivity contribution >= 4 is 29.8 Å². The van der Waals surface area contributed by atoms with Gasteiger partial charge in [0, 0.05) is 26.0 Å². The second-order valence-electron chi connectivity index (χ2n) is 10.3. The van der Waals surface area contributed by atoms with Crippen LogP contribution in [-0.2, 0) is 41.7 Å². The quantitative estimate of drug-likeness (QED) is 0.172. The van der Waals surface area contributed by atoms with E-state index in [2.05, 4.69) is 21.3 Å². The summed E-state index contributed by atoms with van der Waals surface area (Å²) in [5.41, 5.74) is 1.59. The fourth-order valence-electron chi connectivity index (χ4n) is 4.03. The molecule has 0 fully saturated rings. The highest BCUT2D eigenvalue weighted by Gasteiger charge is 2.29. The van der Waals surface area contributed by atoms with Crippen LogP contribution in [0.3, 0.4) is 0 Å². The number of alkyl carbamates (subject to hydrolysis) is 1. The summed E-state index contributed by atoms with van der Waals surface area (Å²) in [7, 11) is 0.